The monoisotopic (exact) mass is 244 g/mol. The molecular weight excluding hydrogens is 224 g/mol. The van der Waals surface area contributed by atoms with Crippen LogP contribution in [0, 0.1) is 23.7 Å². The number of rotatable bonds is 1. The average Bonchev–Trinajstić information content (AvgIpc) is 2.31. The Balaban J connectivity index is 1.77. The second-order valence-corrected chi connectivity index (χ2v) is 6.67. The minimum absolute atomic E-state index is 0.299. The number of phenols is 2. The van der Waals surface area contributed by atoms with Crippen molar-refractivity contribution in [1.82, 2.24) is 0 Å². The lowest BCUT2D eigenvalue weighted by atomic mass is 9.50. The van der Waals surface area contributed by atoms with Gasteiger partial charge >= 0.3 is 0 Å². The first-order chi connectivity index (χ1) is 8.72. The molecule has 0 atom stereocenters. The van der Waals surface area contributed by atoms with E-state index in [9.17, 15) is 10.2 Å². The SMILES string of the molecule is Oc1cccc(O)c1C1C2CC3CC(C2)CC1C3. The van der Waals surface area contributed by atoms with Crippen molar-refractivity contribution in [3.05, 3.63) is 23.8 Å². The zero-order valence-electron chi connectivity index (χ0n) is 10.5. The Morgan fingerprint density at radius 1 is 0.778 bits per heavy atom. The van der Waals surface area contributed by atoms with Gasteiger partial charge in [-0.15, -0.1) is 0 Å². The van der Waals surface area contributed by atoms with Crippen molar-refractivity contribution in [2.45, 2.75) is 38.0 Å². The maximum atomic E-state index is 10.1. The Kier molecular flexibility index (Phi) is 2.18. The second kappa shape index (κ2) is 3.66. The van der Waals surface area contributed by atoms with Gasteiger partial charge in [0.1, 0.15) is 11.5 Å². The predicted octanol–water partition coefficient (Wildman–Crippen LogP) is 3.64. The lowest BCUT2D eigenvalue weighted by molar-refractivity contribution is -0.00419. The molecule has 96 valence electrons. The van der Waals surface area contributed by atoms with E-state index in [-0.39, 0.29) is 0 Å². The van der Waals surface area contributed by atoms with Gasteiger partial charge in [-0.05, 0) is 73.8 Å². The van der Waals surface area contributed by atoms with Crippen molar-refractivity contribution in [1.29, 1.82) is 0 Å². The summed E-state index contributed by atoms with van der Waals surface area (Å²) in [5, 5.41) is 20.2. The highest BCUT2D eigenvalue weighted by Crippen LogP contribution is 2.61. The molecule has 1 aromatic rings. The average molecular weight is 244 g/mol. The summed E-state index contributed by atoms with van der Waals surface area (Å²) in [5.41, 5.74) is 0.839. The maximum absolute atomic E-state index is 10.1. The molecule has 0 unspecified atom stereocenters. The summed E-state index contributed by atoms with van der Waals surface area (Å²) in [5.74, 6) is 4.24. The van der Waals surface area contributed by atoms with E-state index in [1.54, 1.807) is 18.2 Å². The molecular formula is C16H20O2. The number of benzene rings is 1. The molecule has 0 aromatic heterocycles. The van der Waals surface area contributed by atoms with Crippen LogP contribution in [0.4, 0.5) is 0 Å². The summed E-state index contributed by atoms with van der Waals surface area (Å²) < 4.78 is 0. The maximum Gasteiger partial charge on any atom is 0.122 e. The zero-order valence-corrected chi connectivity index (χ0v) is 10.5. The Morgan fingerprint density at radius 3 is 1.78 bits per heavy atom. The minimum Gasteiger partial charge on any atom is -0.508 e. The molecule has 5 rings (SSSR count). The van der Waals surface area contributed by atoms with Crippen LogP contribution in [0.1, 0.15) is 43.6 Å². The fraction of sp³-hybridized carbons (Fsp3) is 0.625. The molecule has 2 heteroatoms. The fourth-order valence-corrected chi connectivity index (χ4v) is 5.28. The highest BCUT2D eigenvalue weighted by Gasteiger charge is 2.49. The van der Waals surface area contributed by atoms with Crippen LogP contribution in [-0.2, 0) is 0 Å². The second-order valence-electron chi connectivity index (χ2n) is 6.67. The van der Waals surface area contributed by atoms with E-state index in [0.29, 0.717) is 29.3 Å². The van der Waals surface area contributed by atoms with Gasteiger partial charge in [0.2, 0.25) is 0 Å². The van der Waals surface area contributed by atoms with Crippen molar-refractivity contribution in [2.75, 3.05) is 0 Å². The standard InChI is InChI=1S/C16H20O2/c17-13-2-1-3-14(18)16(13)15-11-5-9-4-10(7-11)8-12(15)6-9/h1-3,9-12,15,17-18H,4-8H2. The third kappa shape index (κ3) is 1.41. The third-order valence-electron chi connectivity index (χ3n) is 5.62. The van der Waals surface area contributed by atoms with Gasteiger partial charge in [-0.3, -0.25) is 0 Å². The highest BCUT2D eigenvalue weighted by molar-refractivity contribution is 5.46. The van der Waals surface area contributed by atoms with Gasteiger partial charge in [0, 0.05) is 5.56 Å². The summed E-state index contributed by atoms with van der Waals surface area (Å²) in [6, 6.07) is 5.17. The van der Waals surface area contributed by atoms with Crippen molar-refractivity contribution in [3.8, 4) is 11.5 Å². The molecule has 2 nitrogen and oxygen atoms in total. The Labute approximate surface area is 108 Å². The Bertz CT molecular complexity index is 432. The summed E-state index contributed by atoms with van der Waals surface area (Å²) in [6.45, 7) is 0. The van der Waals surface area contributed by atoms with Crippen molar-refractivity contribution in [3.63, 3.8) is 0 Å². The molecule has 4 aliphatic rings. The van der Waals surface area contributed by atoms with E-state index in [0.717, 1.165) is 17.4 Å². The van der Waals surface area contributed by atoms with Crippen LogP contribution in [0.25, 0.3) is 0 Å². The molecule has 0 aliphatic heterocycles. The first-order valence-electron chi connectivity index (χ1n) is 7.23. The Hall–Kier alpha value is -1.18. The summed E-state index contributed by atoms with van der Waals surface area (Å²) >= 11 is 0. The van der Waals surface area contributed by atoms with Gasteiger partial charge in [-0.2, -0.15) is 0 Å². The first kappa shape index (κ1) is 10.7. The molecule has 4 fully saturated rings. The molecule has 1 aromatic carbocycles. The Morgan fingerprint density at radius 2 is 1.28 bits per heavy atom. The first-order valence-corrected chi connectivity index (χ1v) is 7.23. The van der Waals surface area contributed by atoms with E-state index in [1.807, 2.05) is 0 Å². The quantitative estimate of drug-likeness (QED) is 0.791. The predicted molar refractivity (Wildman–Crippen MR) is 69.6 cm³/mol. The van der Waals surface area contributed by atoms with Gasteiger partial charge in [-0.1, -0.05) is 6.07 Å². The number of hydrogen-bond acceptors (Lipinski definition) is 2. The molecule has 4 bridgehead atoms. The molecule has 2 N–H and O–H groups in total. The van der Waals surface area contributed by atoms with Crippen molar-refractivity contribution >= 4 is 0 Å². The van der Waals surface area contributed by atoms with Gasteiger partial charge < -0.3 is 10.2 Å². The fourth-order valence-electron chi connectivity index (χ4n) is 5.28. The van der Waals surface area contributed by atoms with Gasteiger partial charge in [0.05, 0.1) is 0 Å². The van der Waals surface area contributed by atoms with Gasteiger partial charge in [0.15, 0.2) is 0 Å². The van der Waals surface area contributed by atoms with Crippen LogP contribution in [0.2, 0.25) is 0 Å². The third-order valence-corrected chi connectivity index (χ3v) is 5.62. The van der Waals surface area contributed by atoms with Gasteiger partial charge in [-0.25, -0.2) is 0 Å². The topological polar surface area (TPSA) is 40.5 Å². The smallest absolute Gasteiger partial charge is 0.122 e. The van der Waals surface area contributed by atoms with Crippen LogP contribution < -0.4 is 0 Å². The molecule has 0 amide bonds. The van der Waals surface area contributed by atoms with E-state index in [4.69, 9.17) is 0 Å². The van der Waals surface area contributed by atoms with Crippen LogP contribution in [0.3, 0.4) is 0 Å². The molecule has 0 radical (unpaired) electrons. The summed E-state index contributed by atoms with van der Waals surface area (Å²) in [7, 11) is 0. The molecule has 0 spiro atoms. The summed E-state index contributed by atoms with van der Waals surface area (Å²) in [6.07, 6.45) is 6.68. The van der Waals surface area contributed by atoms with E-state index in [2.05, 4.69) is 0 Å². The normalized spacial score (nSPS) is 41.2. The molecule has 0 heterocycles. The van der Waals surface area contributed by atoms with E-state index in [1.165, 1.54) is 32.1 Å². The number of hydrogen-bond donors (Lipinski definition) is 2. The minimum atomic E-state index is 0.299. The largest absolute Gasteiger partial charge is 0.508 e. The van der Waals surface area contributed by atoms with Crippen LogP contribution in [0.5, 0.6) is 11.5 Å². The number of aromatic hydroxyl groups is 2. The lowest BCUT2D eigenvalue weighted by Crippen LogP contribution is -2.43. The van der Waals surface area contributed by atoms with Gasteiger partial charge in [0.25, 0.3) is 0 Å². The molecule has 4 saturated carbocycles. The lowest BCUT2D eigenvalue weighted by Gasteiger charge is -2.54. The van der Waals surface area contributed by atoms with Crippen molar-refractivity contribution < 1.29 is 10.2 Å². The van der Waals surface area contributed by atoms with E-state index < -0.39 is 0 Å². The summed E-state index contributed by atoms with van der Waals surface area (Å²) in [4.78, 5) is 0. The van der Waals surface area contributed by atoms with Crippen LogP contribution in [-0.4, -0.2) is 10.2 Å². The highest BCUT2D eigenvalue weighted by atomic mass is 16.3. The molecule has 18 heavy (non-hydrogen) atoms. The molecule has 4 aliphatic carbocycles. The van der Waals surface area contributed by atoms with Crippen LogP contribution >= 0.6 is 0 Å². The van der Waals surface area contributed by atoms with Crippen LogP contribution in [0.15, 0.2) is 18.2 Å². The zero-order chi connectivity index (χ0) is 12.3. The van der Waals surface area contributed by atoms with E-state index >= 15 is 0 Å². The number of phenolic OH excluding ortho intramolecular Hbond substituents is 2. The van der Waals surface area contributed by atoms with Crippen molar-refractivity contribution in [2.24, 2.45) is 23.7 Å². The molecule has 0 saturated heterocycles.